The van der Waals surface area contributed by atoms with Crippen LogP contribution in [-0.2, 0) is 19.6 Å². The van der Waals surface area contributed by atoms with Gasteiger partial charge in [-0.25, -0.2) is 0 Å². The average molecular weight is 374 g/mol. The monoisotopic (exact) mass is 374 g/mol. The standard InChI is InChI=1S/C25H26O3/c1-20(17-26)12-13-23-14-15-24(27-18-21-8-4-2-5-9-21)16-25(23)28-19-22-10-6-3-7-11-22/h2-12,14-16,26H,13,17-19H2,1H3/b20-12+. The lowest BCUT2D eigenvalue weighted by molar-refractivity contribution is 0.288. The molecule has 0 fully saturated rings. The van der Waals surface area contributed by atoms with Gasteiger partial charge in [-0.15, -0.1) is 0 Å². The lowest BCUT2D eigenvalue weighted by atomic mass is 10.1. The van der Waals surface area contributed by atoms with Crippen molar-refractivity contribution in [2.45, 2.75) is 26.6 Å². The van der Waals surface area contributed by atoms with Crippen LogP contribution in [0.2, 0.25) is 0 Å². The first-order valence-corrected chi connectivity index (χ1v) is 9.47. The van der Waals surface area contributed by atoms with E-state index in [1.807, 2.05) is 91.9 Å². The molecule has 0 unspecified atom stereocenters. The smallest absolute Gasteiger partial charge is 0.127 e. The predicted molar refractivity (Wildman–Crippen MR) is 113 cm³/mol. The molecule has 0 spiro atoms. The zero-order chi connectivity index (χ0) is 19.6. The van der Waals surface area contributed by atoms with Gasteiger partial charge >= 0.3 is 0 Å². The number of hydrogen-bond donors (Lipinski definition) is 1. The molecule has 0 aromatic heterocycles. The second-order valence-corrected chi connectivity index (χ2v) is 6.73. The van der Waals surface area contributed by atoms with E-state index in [4.69, 9.17) is 9.47 Å². The molecule has 0 aliphatic rings. The van der Waals surface area contributed by atoms with Crippen LogP contribution in [-0.4, -0.2) is 11.7 Å². The van der Waals surface area contributed by atoms with Crippen molar-refractivity contribution in [2.24, 2.45) is 0 Å². The van der Waals surface area contributed by atoms with E-state index in [-0.39, 0.29) is 6.61 Å². The Kier molecular flexibility index (Phi) is 7.28. The second kappa shape index (κ2) is 10.3. The Balaban J connectivity index is 1.74. The van der Waals surface area contributed by atoms with Crippen LogP contribution in [0.3, 0.4) is 0 Å². The van der Waals surface area contributed by atoms with Crippen LogP contribution in [0.1, 0.15) is 23.6 Å². The van der Waals surface area contributed by atoms with Gasteiger partial charge in [0.1, 0.15) is 24.7 Å². The minimum atomic E-state index is 0.0679. The summed E-state index contributed by atoms with van der Waals surface area (Å²) in [5, 5.41) is 9.24. The van der Waals surface area contributed by atoms with Gasteiger partial charge in [-0.2, -0.15) is 0 Å². The fourth-order valence-corrected chi connectivity index (χ4v) is 2.75. The van der Waals surface area contributed by atoms with Gasteiger partial charge in [0.15, 0.2) is 0 Å². The van der Waals surface area contributed by atoms with Crippen molar-refractivity contribution in [1.29, 1.82) is 0 Å². The third-order valence-corrected chi connectivity index (χ3v) is 4.44. The van der Waals surface area contributed by atoms with Crippen molar-refractivity contribution < 1.29 is 14.6 Å². The number of hydrogen-bond acceptors (Lipinski definition) is 3. The summed E-state index contributed by atoms with van der Waals surface area (Å²) in [5.41, 5.74) is 4.25. The SMILES string of the molecule is C/C(=C\Cc1ccc(OCc2ccccc2)cc1OCc1ccccc1)CO. The molecule has 0 aliphatic carbocycles. The molecule has 0 radical (unpaired) electrons. The molecular formula is C25H26O3. The molecule has 28 heavy (non-hydrogen) atoms. The van der Waals surface area contributed by atoms with Crippen LogP contribution in [0.5, 0.6) is 11.5 Å². The van der Waals surface area contributed by atoms with Crippen LogP contribution < -0.4 is 9.47 Å². The first-order chi connectivity index (χ1) is 13.7. The summed E-state index contributed by atoms with van der Waals surface area (Å²) >= 11 is 0. The van der Waals surface area contributed by atoms with E-state index >= 15 is 0 Å². The van der Waals surface area contributed by atoms with Gasteiger partial charge in [-0.05, 0) is 36.1 Å². The summed E-state index contributed by atoms with van der Waals surface area (Å²) < 4.78 is 12.1. The quantitative estimate of drug-likeness (QED) is 0.515. The maximum Gasteiger partial charge on any atom is 0.127 e. The Morgan fingerprint density at radius 1 is 0.821 bits per heavy atom. The fraction of sp³-hybridized carbons (Fsp3) is 0.200. The molecule has 3 rings (SSSR count). The van der Waals surface area contributed by atoms with Crippen LogP contribution in [0.4, 0.5) is 0 Å². The first-order valence-electron chi connectivity index (χ1n) is 9.47. The maximum atomic E-state index is 9.24. The van der Waals surface area contributed by atoms with E-state index < -0.39 is 0 Å². The Hall–Kier alpha value is -3.04. The van der Waals surface area contributed by atoms with Gasteiger partial charge in [0.05, 0.1) is 6.61 Å². The highest BCUT2D eigenvalue weighted by atomic mass is 16.5. The molecular weight excluding hydrogens is 348 g/mol. The van der Waals surface area contributed by atoms with Crippen molar-refractivity contribution in [3.05, 3.63) is 107 Å². The number of rotatable bonds is 9. The van der Waals surface area contributed by atoms with Crippen molar-refractivity contribution in [2.75, 3.05) is 6.61 Å². The molecule has 0 saturated carbocycles. The van der Waals surface area contributed by atoms with Gasteiger partial charge in [0.25, 0.3) is 0 Å². The minimum Gasteiger partial charge on any atom is -0.489 e. The number of aliphatic hydroxyl groups is 1. The molecule has 0 saturated heterocycles. The average Bonchev–Trinajstić information content (AvgIpc) is 2.76. The molecule has 0 bridgehead atoms. The van der Waals surface area contributed by atoms with Crippen molar-refractivity contribution >= 4 is 0 Å². The third kappa shape index (κ3) is 6.00. The minimum absolute atomic E-state index is 0.0679. The maximum absolute atomic E-state index is 9.24. The second-order valence-electron chi connectivity index (χ2n) is 6.73. The van der Waals surface area contributed by atoms with Crippen molar-refractivity contribution in [1.82, 2.24) is 0 Å². The highest BCUT2D eigenvalue weighted by Gasteiger charge is 2.07. The van der Waals surface area contributed by atoms with Crippen LogP contribution in [0.15, 0.2) is 90.5 Å². The topological polar surface area (TPSA) is 38.7 Å². The lowest BCUT2D eigenvalue weighted by Crippen LogP contribution is -2.01. The molecule has 0 aliphatic heterocycles. The zero-order valence-corrected chi connectivity index (χ0v) is 16.2. The summed E-state index contributed by atoms with van der Waals surface area (Å²) in [5.74, 6) is 1.58. The van der Waals surface area contributed by atoms with Crippen molar-refractivity contribution in [3.63, 3.8) is 0 Å². The highest BCUT2D eigenvalue weighted by molar-refractivity contribution is 5.42. The molecule has 3 nitrogen and oxygen atoms in total. The Morgan fingerprint density at radius 3 is 2.04 bits per heavy atom. The molecule has 1 N–H and O–H groups in total. The van der Waals surface area contributed by atoms with E-state index in [1.165, 1.54) is 0 Å². The third-order valence-electron chi connectivity index (χ3n) is 4.44. The molecule has 0 amide bonds. The van der Waals surface area contributed by atoms with Gasteiger partial charge in [-0.1, -0.05) is 78.4 Å². The van der Waals surface area contributed by atoms with Crippen molar-refractivity contribution in [3.8, 4) is 11.5 Å². The summed E-state index contributed by atoms with van der Waals surface area (Å²) in [6.07, 6.45) is 2.73. The number of allylic oxidation sites excluding steroid dienone is 1. The van der Waals surface area contributed by atoms with Gasteiger partial charge in [0, 0.05) is 6.07 Å². The molecule has 144 valence electrons. The molecule has 0 atom stereocenters. The Morgan fingerprint density at radius 2 is 1.43 bits per heavy atom. The van der Waals surface area contributed by atoms with Crippen LogP contribution >= 0.6 is 0 Å². The Labute approximate surface area is 166 Å². The van der Waals surface area contributed by atoms with Crippen LogP contribution in [0, 0.1) is 0 Å². The van der Waals surface area contributed by atoms with E-state index in [2.05, 4.69) is 0 Å². The van der Waals surface area contributed by atoms with Gasteiger partial charge < -0.3 is 14.6 Å². The molecule has 3 aromatic rings. The molecule has 0 heterocycles. The summed E-state index contributed by atoms with van der Waals surface area (Å²) in [6, 6.07) is 26.1. The van der Waals surface area contributed by atoms with E-state index in [0.29, 0.717) is 19.6 Å². The summed E-state index contributed by atoms with van der Waals surface area (Å²) in [6.45, 7) is 3.00. The van der Waals surface area contributed by atoms with Gasteiger partial charge in [0.2, 0.25) is 0 Å². The predicted octanol–water partition coefficient (Wildman–Crippen LogP) is 5.33. The largest absolute Gasteiger partial charge is 0.489 e. The normalized spacial score (nSPS) is 11.3. The highest BCUT2D eigenvalue weighted by Crippen LogP contribution is 2.27. The summed E-state index contributed by atoms with van der Waals surface area (Å²) in [7, 11) is 0. The molecule has 3 aromatic carbocycles. The number of ether oxygens (including phenoxy) is 2. The number of aliphatic hydroxyl groups excluding tert-OH is 1. The lowest BCUT2D eigenvalue weighted by Gasteiger charge is -2.14. The van der Waals surface area contributed by atoms with E-state index in [0.717, 1.165) is 33.8 Å². The fourth-order valence-electron chi connectivity index (χ4n) is 2.75. The van der Waals surface area contributed by atoms with Crippen LogP contribution in [0.25, 0.3) is 0 Å². The zero-order valence-electron chi connectivity index (χ0n) is 16.2. The van der Waals surface area contributed by atoms with Gasteiger partial charge in [-0.3, -0.25) is 0 Å². The van der Waals surface area contributed by atoms with E-state index in [1.54, 1.807) is 0 Å². The first kappa shape index (κ1) is 19.7. The summed E-state index contributed by atoms with van der Waals surface area (Å²) in [4.78, 5) is 0. The Bertz CT molecular complexity index is 886. The van der Waals surface area contributed by atoms with E-state index in [9.17, 15) is 5.11 Å². The number of benzene rings is 3. The molecule has 3 heteroatoms.